The Labute approximate surface area is 132 Å². The van der Waals surface area contributed by atoms with E-state index in [1.165, 1.54) is 58.3 Å². The minimum Gasteiger partial charge on any atom is -0.314 e. The number of piperidine rings is 1. The summed E-state index contributed by atoms with van der Waals surface area (Å²) in [5.41, 5.74) is 0. The van der Waals surface area contributed by atoms with Gasteiger partial charge in [0.15, 0.2) is 0 Å². The molecule has 0 radical (unpaired) electrons. The molecule has 0 amide bonds. The number of hydrogen-bond acceptors (Lipinski definition) is 3. The molecular weight excluding hydrogens is 258 g/mol. The van der Waals surface area contributed by atoms with Crippen molar-refractivity contribution in [3.63, 3.8) is 0 Å². The Bertz CT molecular complexity index is 286. The van der Waals surface area contributed by atoms with Gasteiger partial charge in [0.05, 0.1) is 0 Å². The number of rotatable bonds is 6. The highest BCUT2D eigenvalue weighted by molar-refractivity contribution is 4.87. The summed E-state index contributed by atoms with van der Waals surface area (Å²) in [5, 5.41) is 3.74. The van der Waals surface area contributed by atoms with Gasteiger partial charge >= 0.3 is 0 Å². The van der Waals surface area contributed by atoms with E-state index in [1.54, 1.807) is 0 Å². The zero-order valence-electron chi connectivity index (χ0n) is 14.8. The lowest BCUT2D eigenvalue weighted by atomic mass is 9.78. The summed E-state index contributed by atoms with van der Waals surface area (Å²) in [4.78, 5) is 5.27. The van der Waals surface area contributed by atoms with Crippen LogP contribution in [0, 0.1) is 11.8 Å². The van der Waals surface area contributed by atoms with Gasteiger partial charge in [-0.25, -0.2) is 0 Å². The van der Waals surface area contributed by atoms with Crippen molar-refractivity contribution in [2.45, 2.75) is 65.0 Å². The van der Waals surface area contributed by atoms with Crippen LogP contribution in [0.15, 0.2) is 0 Å². The quantitative estimate of drug-likeness (QED) is 0.813. The Balaban J connectivity index is 1.83. The van der Waals surface area contributed by atoms with Crippen molar-refractivity contribution in [2.24, 2.45) is 11.8 Å². The molecule has 2 fully saturated rings. The van der Waals surface area contributed by atoms with Crippen LogP contribution in [-0.2, 0) is 0 Å². The minimum absolute atomic E-state index is 0.754. The molecule has 1 saturated carbocycles. The molecule has 0 spiro atoms. The topological polar surface area (TPSA) is 18.5 Å². The summed E-state index contributed by atoms with van der Waals surface area (Å²) >= 11 is 0. The van der Waals surface area contributed by atoms with Gasteiger partial charge < -0.3 is 15.1 Å². The standard InChI is InChI=1S/C18H37N3/c1-5-19-18-8-7-15(3)13-16(18)14-20(4)17-9-11-21(6-2)12-10-17/h15-19H,5-14H2,1-4H3. The van der Waals surface area contributed by atoms with E-state index < -0.39 is 0 Å². The predicted octanol–water partition coefficient (Wildman–Crippen LogP) is 2.82. The zero-order chi connectivity index (χ0) is 15.2. The summed E-state index contributed by atoms with van der Waals surface area (Å²) < 4.78 is 0. The van der Waals surface area contributed by atoms with Crippen LogP contribution in [-0.4, -0.2) is 61.7 Å². The third-order valence-electron chi connectivity index (χ3n) is 5.86. The maximum Gasteiger partial charge on any atom is 0.0117 e. The second kappa shape index (κ2) is 8.50. The van der Waals surface area contributed by atoms with E-state index in [9.17, 15) is 0 Å². The van der Waals surface area contributed by atoms with Gasteiger partial charge in [0.2, 0.25) is 0 Å². The van der Waals surface area contributed by atoms with Crippen molar-refractivity contribution in [1.29, 1.82) is 0 Å². The molecule has 0 aromatic rings. The van der Waals surface area contributed by atoms with Crippen molar-refractivity contribution >= 4 is 0 Å². The lowest BCUT2D eigenvalue weighted by Gasteiger charge is -2.41. The van der Waals surface area contributed by atoms with E-state index >= 15 is 0 Å². The first kappa shape index (κ1) is 17.2. The number of nitrogens with zero attached hydrogens (tertiary/aromatic N) is 2. The molecule has 124 valence electrons. The zero-order valence-corrected chi connectivity index (χ0v) is 14.8. The highest BCUT2D eigenvalue weighted by Gasteiger charge is 2.31. The molecule has 0 aromatic carbocycles. The van der Waals surface area contributed by atoms with Crippen LogP contribution >= 0.6 is 0 Å². The fraction of sp³-hybridized carbons (Fsp3) is 1.00. The smallest absolute Gasteiger partial charge is 0.0117 e. The van der Waals surface area contributed by atoms with Crippen molar-refractivity contribution in [3.05, 3.63) is 0 Å². The Kier molecular flexibility index (Phi) is 6.97. The second-order valence-electron chi connectivity index (χ2n) is 7.45. The molecular formula is C18H37N3. The summed E-state index contributed by atoms with van der Waals surface area (Å²) in [7, 11) is 2.37. The van der Waals surface area contributed by atoms with Gasteiger partial charge in [0, 0.05) is 18.6 Å². The van der Waals surface area contributed by atoms with Crippen LogP contribution in [0.5, 0.6) is 0 Å². The maximum atomic E-state index is 3.74. The summed E-state index contributed by atoms with van der Waals surface area (Å²) in [6.45, 7) is 13.2. The molecule has 1 aliphatic carbocycles. The first-order valence-corrected chi connectivity index (χ1v) is 9.30. The third-order valence-corrected chi connectivity index (χ3v) is 5.86. The number of nitrogens with one attached hydrogen (secondary N) is 1. The van der Waals surface area contributed by atoms with Crippen LogP contribution in [0.25, 0.3) is 0 Å². The molecule has 3 heteroatoms. The normalized spacial score (nSPS) is 32.7. The van der Waals surface area contributed by atoms with E-state index in [1.807, 2.05) is 0 Å². The number of likely N-dealkylation sites (tertiary alicyclic amines) is 1. The van der Waals surface area contributed by atoms with E-state index in [0.29, 0.717) is 0 Å². The second-order valence-corrected chi connectivity index (χ2v) is 7.45. The Hall–Kier alpha value is -0.120. The fourth-order valence-electron chi connectivity index (χ4n) is 4.43. The van der Waals surface area contributed by atoms with Crippen LogP contribution in [0.1, 0.15) is 52.9 Å². The molecule has 3 nitrogen and oxygen atoms in total. The first-order chi connectivity index (χ1) is 10.1. The molecule has 2 rings (SSSR count). The molecule has 1 aliphatic heterocycles. The monoisotopic (exact) mass is 295 g/mol. The summed E-state index contributed by atoms with van der Waals surface area (Å²) in [6, 6.07) is 1.57. The van der Waals surface area contributed by atoms with Crippen LogP contribution in [0.4, 0.5) is 0 Å². The first-order valence-electron chi connectivity index (χ1n) is 9.30. The largest absolute Gasteiger partial charge is 0.314 e. The average molecular weight is 296 g/mol. The molecule has 1 saturated heterocycles. The van der Waals surface area contributed by atoms with Gasteiger partial charge in [-0.05, 0) is 77.2 Å². The fourth-order valence-corrected chi connectivity index (χ4v) is 4.43. The van der Waals surface area contributed by atoms with E-state index in [4.69, 9.17) is 0 Å². The van der Waals surface area contributed by atoms with Crippen molar-refractivity contribution < 1.29 is 0 Å². The van der Waals surface area contributed by atoms with Crippen molar-refractivity contribution in [3.8, 4) is 0 Å². The van der Waals surface area contributed by atoms with E-state index in [-0.39, 0.29) is 0 Å². The lowest BCUT2D eigenvalue weighted by Crippen LogP contribution is -2.49. The predicted molar refractivity (Wildman–Crippen MR) is 91.7 cm³/mol. The maximum absolute atomic E-state index is 3.74. The Morgan fingerprint density at radius 2 is 1.81 bits per heavy atom. The number of hydrogen-bond donors (Lipinski definition) is 1. The van der Waals surface area contributed by atoms with Gasteiger partial charge in [-0.2, -0.15) is 0 Å². The van der Waals surface area contributed by atoms with Gasteiger partial charge in [-0.15, -0.1) is 0 Å². The van der Waals surface area contributed by atoms with Crippen molar-refractivity contribution in [1.82, 2.24) is 15.1 Å². The molecule has 3 atom stereocenters. The third kappa shape index (κ3) is 4.94. The average Bonchev–Trinajstić information content (AvgIpc) is 2.50. The van der Waals surface area contributed by atoms with Gasteiger partial charge in [-0.1, -0.05) is 20.8 Å². The van der Waals surface area contributed by atoms with Crippen LogP contribution in [0.2, 0.25) is 0 Å². The van der Waals surface area contributed by atoms with Crippen molar-refractivity contribution in [2.75, 3.05) is 39.8 Å². The Morgan fingerprint density at radius 1 is 1.10 bits per heavy atom. The molecule has 0 aromatic heterocycles. The molecule has 2 aliphatic rings. The SMILES string of the molecule is CCNC1CCC(C)CC1CN(C)C1CCN(CC)CC1. The van der Waals surface area contributed by atoms with E-state index in [0.717, 1.165) is 30.5 Å². The Morgan fingerprint density at radius 3 is 2.43 bits per heavy atom. The molecule has 1 N–H and O–H groups in total. The summed E-state index contributed by atoms with van der Waals surface area (Å²) in [6.07, 6.45) is 6.92. The van der Waals surface area contributed by atoms with Crippen LogP contribution in [0.3, 0.4) is 0 Å². The van der Waals surface area contributed by atoms with Gasteiger partial charge in [-0.3, -0.25) is 0 Å². The van der Waals surface area contributed by atoms with E-state index in [2.05, 4.69) is 42.9 Å². The molecule has 21 heavy (non-hydrogen) atoms. The minimum atomic E-state index is 0.754. The van der Waals surface area contributed by atoms with Gasteiger partial charge in [0.1, 0.15) is 0 Å². The molecule has 1 heterocycles. The molecule has 3 unspecified atom stereocenters. The van der Waals surface area contributed by atoms with Gasteiger partial charge in [0.25, 0.3) is 0 Å². The molecule has 0 bridgehead atoms. The van der Waals surface area contributed by atoms with Crippen LogP contribution < -0.4 is 5.32 Å². The highest BCUT2D eigenvalue weighted by Crippen LogP contribution is 2.30. The highest BCUT2D eigenvalue weighted by atomic mass is 15.2. The lowest BCUT2D eigenvalue weighted by molar-refractivity contribution is 0.0932. The summed E-state index contributed by atoms with van der Waals surface area (Å²) in [5.74, 6) is 1.77.